The third-order valence-corrected chi connectivity index (χ3v) is 17.4. The topological polar surface area (TPSA) is 201 Å². The van der Waals surface area contributed by atoms with Crippen LogP contribution in [0.4, 0.5) is 24.5 Å². The maximum absolute atomic E-state index is 14.3. The average molecular weight is 1120 g/mol. The van der Waals surface area contributed by atoms with E-state index in [1.54, 1.807) is 45.0 Å². The second kappa shape index (κ2) is 24.2. The van der Waals surface area contributed by atoms with Gasteiger partial charge in [0, 0.05) is 71.1 Å². The van der Waals surface area contributed by atoms with Crippen LogP contribution in [-0.4, -0.2) is 107 Å². The number of sulfone groups is 1. The van der Waals surface area contributed by atoms with Gasteiger partial charge < -0.3 is 29.5 Å². The summed E-state index contributed by atoms with van der Waals surface area (Å²) in [5.74, 6) is -0.942. The zero-order valence-corrected chi connectivity index (χ0v) is 44.9. The van der Waals surface area contributed by atoms with E-state index in [4.69, 9.17) is 25.6 Å². The van der Waals surface area contributed by atoms with Gasteiger partial charge in [-0.25, -0.2) is 26.1 Å². The Hall–Kier alpha value is -4.51. The highest BCUT2D eigenvalue weighted by Crippen LogP contribution is 2.47. The standard InChI is InChI=1S/C51H59ClF3N4O11PS3/c1-50(2,3)49(70-71(61,62)63)69-47(44-12-8-7-11-43(44)35-13-17-38(52)18-14-35)36-23-27-59(28-24-36)40-19-15-37(16-20-40)48(60)57-74(66,67)42-21-22-45(46(33-42)73(64,65)51(53,54)55)56-39(25-26-58-29-31-68-32-30-58)34-72-41-9-5-4-6-10-41/h4-22,33,36,39,47,49,56H,23-32,34H2,1-3H3,(H,57,60)(H2,61,62,63)/t39-,47?,49?/m1/s1. The number of phosphoric ester groups is 1. The summed E-state index contributed by atoms with van der Waals surface area (Å²) in [4.78, 5) is 36.2. The zero-order chi connectivity index (χ0) is 53.5. The molecular formula is C51H59ClF3N4O11PS3. The monoisotopic (exact) mass is 1120 g/mol. The molecule has 1 amide bonds. The second-order valence-corrected chi connectivity index (χ2v) is 25.4. The van der Waals surface area contributed by atoms with Crippen molar-refractivity contribution < 1.29 is 63.2 Å². The number of rotatable bonds is 20. The maximum atomic E-state index is 14.3. The van der Waals surface area contributed by atoms with E-state index < -0.39 is 78.4 Å². The first-order valence-electron chi connectivity index (χ1n) is 23.7. The van der Waals surface area contributed by atoms with Gasteiger partial charge in [-0.05, 0) is 109 Å². The molecule has 5 aromatic rings. The fraction of sp³-hybridized carbons (Fsp3) is 0.392. The third-order valence-electron chi connectivity index (χ3n) is 12.6. The first-order chi connectivity index (χ1) is 34.9. The number of phosphoric acid groups is 1. The SMILES string of the molecule is CC(C)(C)C(OC(c1ccccc1-c1ccc(Cl)cc1)C1CCN(c2ccc(C(=O)NS(=O)(=O)c3ccc(N[C@H](CCN4CCOCC4)CSc4ccccc4)c(S(=O)(=O)C(F)(F)F)c3)cc2)CC1)OP(=O)(O)O. The molecule has 0 aliphatic carbocycles. The lowest BCUT2D eigenvalue weighted by molar-refractivity contribution is -0.194. The van der Waals surface area contributed by atoms with Crippen LogP contribution in [0.5, 0.6) is 0 Å². The number of carbonyl (C=O) groups excluding carboxylic acids is 1. The summed E-state index contributed by atoms with van der Waals surface area (Å²) in [6.45, 7) is 9.12. The molecule has 74 heavy (non-hydrogen) atoms. The van der Waals surface area contributed by atoms with E-state index in [2.05, 4.69) is 15.1 Å². The molecule has 15 nitrogen and oxygen atoms in total. The van der Waals surface area contributed by atoms with E-state index in [-0.39, 0.29) is 11.5 Å². The molecule has 23 heteroatoms. The molecule has 0 spiro atoms. The highest BCUT2D eigenvalue weighted by atomic mass is 35.5. The van der Waals surface area contributed by atoms with Gasteiger partial charge >= 0.3 is 13.3 Å². The first kappa shape index (κ1) is 57.2. The van der Waals surface area contributed by atoms with Crippen LogP contribution in [0, 0.1) is 11.3 Å². The molecule has 3 atom stereocenters. The smallest absolute Gasteiger partial charge is 0.380 e. The van der Waals surface area contributed by atoms with Crippen molar-refractivity contribution >= 4 is 68.3 Å². The lowest BCUT2D eigenvalue weighted by Gasteiger charge is -2.41. The number of hydrogen-bond donors (Lipinski definition) is 4. The van der Waals surface area contributed by atoms with Crippen molar-refractivity contribution in [3.05, 3.63) is 137 Å². The Labute approximate surface area is 439 Å². The van der Waals surface area contributed by atoms with E-state index in [9.17, 15) is 49.2 Å². The number of anilines is 2. The van der Waals surface area contributed by atoms with Crippen LogP contribution in [0.3, 0.4) is 0 Å². The molecule has 4 N–H and O–H groups in total. The van der Waals surface area contributed by atoms with Gasteiger partial charge in [0.05, 0.1) is 29.9 Å². The van der Waals surface area contributed by atoms with Gasteiger partial charge in [0.15, 0.2) is 6.29 Å². The maximum Gasteiger partial charge on any atom is 0.501 e. The van der Waals surface area contributed by atoms with Gasteiger partial charge in [0.25, 0.3) is 25.8 Å². The first-order valence-corrected chi connectivity index (χ1v) is 29.6. The van der Waals surface area contributed by atoms with Crippen molar-refractivity contribution in [1.29, 1.82) is 0 Å². The molecule has 5 aromatic carbocycles. The van der Waals surface area contributed by atoms with E-state index in [1.165, 1.54) is 23.9 Å². The molecule has 2 unspecified atom stereocenters. The normalized spacial score (nSPS) is 16.9. The quantitative estimate of drug-likeness (QED) is 0.0326. The van der Waals surface area contributed by atoms with Crippen LogP contribution in [0.2, 0.25) is 5.02 Å². The number of alkyl halides is 3. The van der Waals surface area contributed by atoms with Crippen LogP contribution >= 0.6 is 31.2 Å². The summed E-state index contributed by atoms with van der Waals surface area (Å²) < 4.78 is 128. The zero-order valence-electron chi connectivity index (χ0n) is 40.8. The van der Waals surface area contributed by atoms with Crippen LogP contribution in [0.1, 0.15) is 62.1 Å². The minimum absolute atomic E-state index is 0.0989. The van der Waals surface area contributed by atoms with Gasteiger partial charge in [-0.3, -0.25) is 14.2 Å². The van der Waals surface area contributed by atoms with Crippen molar-refractivity contribution in [2.75, 3.05) is 61.9 Å². The molecule has 2 fully saturated rings. The number of hydrogen-bond acceptors (Lipinski definition) is 13. The summed E-state index contributed by atoms with van der Waals surface area (Å²) in [7, 11) is -16.0. The van der Waals surface area contributed by atoms with Crippen LogP contribution in [0.25, 0.3) is 11.1 Å². The Morgan fingerprint density at radius 2 is 1.50 bits per heavy atom. The number of halogens is 4. The molecule has 2 heterocycles. The Morgan fingerprint density at radius 1 is 0.865 bits per heavy atom. The van der Waals surface area contributed by atoms with Crippen molar-refractivity contribution in [3.63, 3.8) is 0 Å². The van der Waals surface area contributed by atoms with Gasteiger partial charge in [-0.1, -0.05) is 87.0 Å². The number of nitrogens with one attached hydrogen (secondary N) is 2. The van der Waals surface area contributed by atoms with E-state index >= 15 is 0 Å². The lowest BCUT2D eigenvalue weighted by Crippen LogP contribution is -2.39. The van der Waals surface area contributed by atoms with Crippen molar-refractivity contribution in [3.8, 4) is 11.1 Å². The van der Waals surface area contributed by atoms with Gasteiger partial charge in [0.2, 0.25) is 0 Å². The minimum Gasteiger partial charge on any atom is -0.380 e. The van der Waals surface area contributed by atoms with Crippen molar-refractivity contribution in [2.45, 2.75) is 78.7 Å². The van der Waals surface area contributed by atoms with Crippen molar-refractivity contribution in [1.82, 2.24) is 9.62 Å². The van der Waals surface area contributed by atoms with Gasteiger partial charge in [-0.2, -0.15) is 13.2 Å². The predicted octanol–water partition coefficient (Wildman–Crippen LogP) is 10.2. The van der Waals surface area contributed by atoms with E-state index in [1.807, 2.05) is 71.5 Å². The largest absolute Gasteiger partial charge is 0.501 e. The van der Waals surface area contributed by atoms with Crippen LogP contribution in [0.15, 0.2) is 136 Å². The Bertz CT molecular complexity index is 2970. The highest BCUT2D eigenvalue weighted by molar-refractivity contribution is 7.99. The van der Waals surface area contributed by atoms with Gasteiger partial charge in [0.1, 0.15) is 4.90 Å². The molecule has 2 aliphatic heterocycles. The molecule has 2 saturated heterocycles. The number of benzene rings is 5. The summed E-state index contributed by atoms with van der Waals surface area (Å²) in [6.07, 6.45) is -0.477. The van der Waals surface area contributed by atoms with E-state index in [0.29, 0.717) is 87.7 Å². The second-order valence-electron chi connectivity index (χ2n) is 19.1. The number of nitrogens with zero attached hydrogens (tertiary/aromatic N) is 2. The molecular weight excluding hydrogens is 1060 g/mol. The molecule has 0 aromatic heterocycles. The highest BCUT2D eigenvalue weighted by Gasteiger charge is 2.49. The molecule has 0 saturated carbocycles. The summed E-state index contributed by atoms with van der Waals surface area (Å²) in [6, 6.07) is 32.0. The molecule has 400 valence electrons. The number of morpholine rings is 1. The predicted molar refractivity (Wildman–Crippen MR) is 279 cm³/mol. The number of ether oxygens (including phenoxy) is 2. The molecule has 2 aliphatic rings. The fourth-order valence-electron chi connectivity index (χ4n) is 8.67. The number of carbonyl (C=O) groups is 1. The number of sulfonamides is 1. The molecule has 0 radical (unpaired) electrons. The lowest BCUT2D eigenvalue weighted by atomic mass is 9.83. The minimum atomic E-state index is -6.11. The Kier molecular flexibility index (Phi) is 18.7. The fourth-order valence-corrected chi connectivity index (χ4v) is 12.4. The molecule has 0 bridgehead atoms. The summed E-state index contributed by atoms with van der Waals surface area (Å²) in [5.41, 5.74) is -4.01. The number of amides is 1. The Balaban J connectivity index is 1.07. The van der Waals surface area contributed by atoms with Crippen molar-refractivity contribution in [2.24, 2.45) is 11.3 Å². The summed E-state index contributed by atoms with van der Waals surface area (Å²) >= 11 is 7.64. The Morgan fingerprint density at radius 3 is 2.12 bits per heavy atom. The van der Waals surface area contributed by atoms with Crippen LogP contribution < -0.4 is 14.9 Å². The third kappa shape index (κ3) is 15.1. The molecule has 7 rings (SSSR count). The summed E-state index contributed by atoms with van der Waals surface area (Å²) in [5, 5.41) is 3.53. The average Bonchev–Trinajstić information content (AvgIpc) is 3.36. The van der Waals surface area contributed by atoms with E-state index in [0.717, 1.165) is 33.7 Å². The number of piperidine rings is 1. The van der Waals surface area contributed by atoms with Gasteiger partial charge in [-0.15, -0.1) is 11.8 Å². The number of thioether (sulfide) groups is 1. The van der Waals surface area contributed by atoms with Crippen LogP contribution in [-0.2, 0) is 38.4 Å².